The fraction of sp³-hybridized carbons (Fsp3) is 0.467. The summed E-state index contributed by atoms with van der Waals surface area (Å²) < 4.78 is 0. The van der Waals surface area contributed by atoms with Crippen LogP contribution < -0.4 is 5.32 Å². The molecule has 0 spiro atoms. The molecule has 0 aromatic heterocycles. The van der Waals surface area contributed by atoms with Gasteiger partial charge in [-0.1, -0.05) is 54.4 Å². The second kappa shape index (κ2) is 10.4. The summed E-state index contributed by atoms with van der Waals surface area (Å²) in [4.78, 5) is 55.7. The first-order chi connectivity index (χ1) is 18.8. The van der Waals surface area contributed by atoms with Crippen molar-refractivity contribution in [3.8, 4) is 0 Å². The molecule has 3 aliphatic rings. The summed E-state index contributed by atoms with van der Waals surface area (Å²) >= 11 is 12.6. The summed E-state index contributed by atoms with van der Waals surface area (Å²) in [5, 5.41) is 13.7. The summed E-state index contributed by atoms with van der Waals surface area (Å²) in [5.74, 6) is -1.95. The predicted octanol–water partition coefficient (Wildman–Crippen LogP) is 5.64. The first kappa shape index (κ1) is 28.4. The first-order valence-corrected chi connectivity index (χ1v) is 14.3. The van der Waals surface area contributed by atoms with Crippen molar-refractivity contribution in [3.63, 3.8) is 0 Å². The van der Waals surface area contributed by atoms with Crippen LogP contribution in [0.15, 0.2) is 48.5 Å². The van der Waals surface area contributed by atoms with Crippen LogP contribution in [0.1, 0.15) is 69.5 Å². The molecular weight excluding hydrogens is 553 g/mol. The third-order valence-corrected chi connectivity index (χ3v) is 8.96. The smallest absolute Gasteiger partial charge is 0.325 e. The first-order valence-electron chi connectivity index (χ1n) is 13.5. The van der Waals surface area contributed by atoms with Crippen LogP contribution in [-0.4, -0.2) is 56.8 Å². The van der Waals surface area contributed by atoms with E-state index in [0.717, 1.165) is 24.0 Å². The highest BCUT2D eigenvalue weighted by molar-refractivity contribution is 6.30. The Morgan fingerprint density at radius 3 is 2.23 bits per heavy atom. The highest BCUT2D eigenvalue weighted by Gasteiger charge is 2.56. The summed E-state index contributed by atoms with van der Waals surface area (Å²) in [6.07, 6.45) is 1.62. The Morgan fingerprint density at radius 2 is 1.68 bits per heavy atom. The number of carbonyl (C=O) groups excluding carboxylic acids is 3. The van der Waals surface area contributed by atoms with E-state index in [-0.39, 0.29) is 43.0 Å². The molecule has 2 aromatic rings. The molecule has 0 radical (unpaired) electrons. The van der Waals surface area contributed by atoms with Crippen LogP contribution in [0, 0.1) is 11.3 Å². The number of aliphatic carboxylic acids is 1. The Labute approximate surface area is 243 Å². The number of hydrogen-bond donors (Lipinski definition) is 2. The molecule has 4 atom stereocenters. The number of piperidine rings is 1. The number of carbonyl (C=O) groups is 4. The van der Waals surface area contributed by atoms with Crippen LogP contribution in [-0.2, 0) is 14.4 Å². The molecule has 3 fully saturated rings. The van der Waals surface area contributed by atoms with E-state index in [9.17, 15) is 24.3 Å². The number of imide groups is 1. The van der Waals surface area contributed by atoms with Crippen molar-refractivity contribution in [3.05, 3.63) is 69.7 Å². The lowest BCUT2D eigenvalue weighted by Crippen LogP contribution is -2.59. The minimum Gasteiger partial charge on any atom is -0.481 e. The van der Waals surface area contributed by atoms with Gasteiger partial charge in [-0.25, -0.2) is 4.79 Å². The fourth-order valence-corrected chi connectivity index (χ4v) is 6.69. The maximum atomic E-state index is 14.5. The van der Waals surface area contributed by atoms with Gasteiger partial charge in [-0.2, -0.15) is 0 Å². The molecule has 1 aliphatic carbocycles. The Bertz CT molecular complexity index is 1360. The molecule has 8 nitrogen and oxygen atoms in total. The average molecular weight is 587 g/mol. The molecule has 2 heterocycles. The molecule has 5 rings (SSSR count). The normalized spacial score (nSPS) is 27.1. The van der Waals surface area contributed by atoms with Crippen molar-refractivity contribution >= 4 is 47.0 Å². The van der Waals surface area contributed by atoms with Crippen molar-refractivity contribution < 1.29 is 24.3 Å². The fourth-order valence-electron chi connectivity index (χ4n) is 6.36. The van der Waals surface area contributed by atoms with Crippen molar-refractivity contribution in [1.29, 1.82) is 0 Å². The zero-order valence-electron chi connectivity index (χ0n) is 22.7. The lowest BCUT2D eigenvalue weighted by Gasteiger charge is -2.52. The van der Waals surface area contributed by atoms with Gasteiger partial charge in [-0.05, 0) is 74.4 Å². The molecule has 10 heteroatoms. The van der Waals surface area contributed by atoms with Crippen molar-refractivity contribution in [2.45, 2.75) is 70.0 Å². The lowest BCUT2D eigenvalue weighted by atomic mass is 9.67. The zero-order valence-corrected chi connectivity index (χ0v) is 24.2. The molecule has 2 aliphatic heterocycles. The van der Waals surface area contributed by atoms with E-state index >= 15 is 0 Å². The van der Waals surface area contributed by atoms with Gasteiger partial charge in [0.15, 0.2) is 0 Å². The van der Waals surface area contributed by atoms with Gasteiger partial charge in [0.2, 0.25) is 5.91 Å². The largest absolute Gasteiger partial charge is 0.481 e. The summed E-state index contributed by atoms with van der Waals surface area (Å²) in [6.45, 7) is 5.04. The monoisotopic (exact) mass is 585 g/mol. The molecule has 4 amide bonds. The van der Waals surface area contributed by atoms with Gasteiger partial charge >= 0.3 is 12.0 Å². The Morgan fingerprint density at radius 1 is 1.00 bits per heavy atom. The van der Waals surface area contributed by atoms with Crippen LogP contribution >= 0.6 is 23.2 Å². The third kappa shape index (κ3) is 5.31. The number of likely N-dealkylation sites (tertiary alicyclic amines) is 1. The second-order valence-corrected chi connectivity index (χ2v) is 13.0. The maximum Gasteiger partial charge on any atom is 0.325 e. The quantitative estimate of drug-likeness (QED) is 0.390. The minimum absolute atomic E-state index is 0.0278. The number of carboxylic acid groups (broad SMARTS) is 1. The molecule has 40 heavy (non-hydrogen) atoms. The molecule has 4 unspecified atom stereocenters. The number of hydrogen-bond acceptors (Lipinski definition) is 4. The number of carboxylic acids is 1. The maximum absolute atomic E-state index is 14.5. The van der Waals surface area contributed by atoms with Crippen LogP contribution in [0.4, 0.5) is 4.79 Å². The van der Waals surface area contributed by atoms with Gasteiger partial charge in [0.05, 0.1) is 30.5 Å². The number of halogens is 2. The molecule has 2 aromatic carbocycles. The van der Waals surface area contributed by atoms with Crippen LogP contribution in [0.2, 0.25) is 10.0 Å². The van der Waals surface area contributed by atoms with E-state index in [1.165, 1.54) is 4.90 Å². The van der Waals surface area contributed by atoms with Crippen LogP contribution in [0.25, 0.3) is 0 Å². The topological polar surface area (TPSA) is 107 Å². The second-order valence-electron chi connectivity index (χ2n) is 12.1. The molecular formula is C30H33Cl2N3O5. The van der Waals surface area contributed by atoms with Crippen LogP contribution in [0.3, 0.4) is 0 Å². The van der Waals surface area contributed by atoms with E-state index in [2.05, 4.69) is 5.32 Å². The number of urea groups is 1. The van der Waals surface area contributed by atoms with Gasteiger partial charge in [0.1, 0.15) is 5.54 Å². The summed E-state index contributed by atoms with van der Waals surface area (Å²) in [6, 6.07) is 13.2. The number of rotatable bonds is 8. The van der Waals surface area contributed by atoms with Crippen molar-refractivity contribution in [2.24, 2.45) is 11.3 Å². The third-order valence-electron chi connectivity index (χ3n) is 8.47. The summed E-state index contributed by atoms with van der Waals surface area (Å²) in [5.41, 5.74) is -0.547. The SMILES string of the molecule is CC1(CC(=O)O)CC(c2cccc(Cl)c2)C(c2ccc(Cl)cc2)N(C(CN2C(=O)NC(C)(C)C2=O)C2CC2)C1=O. The highest BCUT2D eigenvalue weighted by atomic mass is 35.5. The standard InChI is InChI=1S/C30H33Cl2N3O5/c1-29(2)26(38)34(28(40)33-29)16-23(17-7-8-17)35-25(18-9-11-20(31)12-10-18)22(19-5-4-6-21(32)13-19)14-30(3,27(35)39)15-24(36)37/h4-6,9-13,17,22-23,25H,7-8,14-16H2,1-3H3,(H,33,40)(H,36,37). The minimum atomic E-state index is -1.22. The van der Waals surface area contributed by atoms with Gasteiger partial charge in [0, 0.05) is 16.0 Å². The van der Waals surface area contributed by atoms with E-state index < -0.39 is 35.0 Å². The van der Waals surface area contributed by atoms with Crippen molar-refractivity contribution in [2.75, 3.05) is 6.54 Å². The zero-order chi connectivity index (χ0) is 29.0. The van der Waals surface area contributed by atoms with E-state index in [0.29, 0.717) is 10.0 Å². The van der Waals surface area contributed by atoms with E-state index in [4.69, 9.17) is 23.2 Å². The Balaban J connectivity index is 1.67. The van der Waals surface area contributed by atoms with Gasteiger partial charge in [-0.15, -0.1) is 0 Å². The number of nitrogens with zero attached hydrogens (tertiary/aromatic N) is 2. The predicted molar refractivity (Wildman–Crippen MR) is 151 cm³/mol. The number of nitrogens with one attached hydrogen (secondary N) is 1. The molecule has 212 valence electrons. The van der Waals surface area contributed by atoms with Gasteiger partial charge < -0.3 is 15.3 Å². The lowest BCUT2D eigenvalue weighted by molar-refractivity contribution is -0.161. The molecule has 1 saturated carbocycles. The number of benzene rings is 2. The average Bonchev–Trinajstić information content (AvgIpc) is 3.69. The van der Waals surface area contributed by atoms with Crippen LogP contribution in [0.5, 0.6) is 0 Å². The van der Waals surface area contributed by atoms with E-state index in [1.807, 2.05) is 30.3 Å². The van der Waals surface area contributed by atoms with E-state index in [1.54, 1.807) is 43.9 Å². The van der Waals surface area contributed by atoms with Gasteiger partial charge in [0.25, 0.3) is 5.91 Å². The summed E-state index contributed by atoms with van der Waals surface area (Å²) in [7, 11) is 0. The number of amides is 4. The molecule has 2 saturated heterocycles. The van der Waals surface area contributed by atoms with Crippen molar-refractivity contribution in [1.82, 2.24) is 15.1 Å². The van der Waals surface area contributed by atoms with Gasteiger partial charge in [-0.3, -0.25) is 19.3 Å². The highest BCUT2D eigenvalue weighted by Crippen LogP contribution is 2.54. The Hall–Kier alpha value is -3.10. The Kier molecular flexibility index (Phi) is 7.38. The molecule has 2 N–H and O–H groups in total. The molecule has 0 bridgehead atoms.